The Kier molecular flexibility index (Phi) is 2.83. The molecule has 1 aromatic rings. The van der Waals surface area contributed by atoms with Crippen LogP contribution >= 0.6 is 0 Å². The van der Waals surface area contributed by atoms with Crippen molar-refractivity contribution in [3.05, 3.63) is 23.8 Å². The monoisotopic (exact) mass is 270 g/mol. The van der Waals surface area contributed by atoms with Crippen LogP contribution < -0.4 is 15.8 Å². The SMILES string of the molecule is NC1=NS(=O)(=O)Nc2cccc(NCC(=O)O)c21. The summed E-state index contributed by atoms with van der Waals surface area (Å²) < 4.78 is 28.1. The molecule has 0 radical (unpaired) electrons. The van der Waals surface area contributed by atoms with Gasteiger partial charge in [0.15, 0.2) is 0 Å². The van der Waals surface area contributed by atoms with E-state index in [0.29, 0.717) is 11.3 Å². The van der Waals surface area contributed by atoms with Crippen molar-refractivity contribution < 1.29 is 18.3 Å². The number of nitrogens with one attached hydrogen (secondary N) is 2. The average molecular weight is 270 g/mol. The van der Waals surface area contributed by atoms with Crippen molar-refractivity contribution >= 4 is 33.4 Å². The van der Waals surface area contributed by atoms with Crippen LogP contribution in [-0.4, -0.2) is 31.9 Å². The quantitative estimate of drug-likeness (QED) is 0.588. The molecule has 0 fully saturated rings. The molecule has 0 bridgehead atoms. The fourth-order valence-corrected chi connectivity index (χ4v) is 2.41. The Bertz CT molecular complexity index is 638. The standard InChI is InChI=1S/C9H10N4O4S/c10-9-8-5(11-4-7(14)15)2-1-3-6(8)12-18(16,17)13-9/h1-3,11-12H,4H2,(H2,10,13)(H,14,15). The second kappa shape index (κ2) is 4.18. The van der Waals surface area contributed by atoms with Gasteiger partial charge in [0.1, 0.15) is 12.4 Å². The van der Waals surface area contributed by atoms with E-state index in [1.165, 1.54) is 6.07 Å². The summed E-state index contributed by atoms with van der Waals surface area (Å²) in [5.74, 6) is -1.23. The van der Waals surface area contributed by atoms with Crippen molar-refractivity contribution in [1.29, 1.82) is 0 Å². The van der Waals surface area contributed by atoms with Gasteiger partial charge in [-0.3, -0.25) is 9.52 Å². The normalized spacial score (nSPS) is 16.1. The molecule has 0 amide bonds. The van der Waals surface area contributed by atoms with Crippen LogP contribution in [0.2, 0.25) is 0 Å². The van der Waals surface area contributed by atoms with Gasteiger partial charge >= 0.3 is 16.2 Å². The first-order valence-corrected chi connectivity index (χ1v) is 6.30. The largest absolute Gasteiger partial charge is 0.480 e. The maximum Gasteiger partial charge on any atom is 0.344 e. The summed E-state index contributed by atoms with van der Waals surface area (Å²) in [5.41, 5.74) is 6.58. The first-order valence-electron chi connectivity index (χ1n) is 4.86. The molecule has 0 unspecified atom stereocenters. The number of carbonyl (C=O) groups is 1. The lowest BCUT2D eigenvalue weighted by molar-refractivity contribution is -0.134. The van der Waals surface area contributed by atoms with E-state index in [1.807, 2.05) is 0 Å². The highest BCUT2D eigenvalue weighted by molar-refractivity contribution is 7.91. The molecule has 0 spiro atoms. The summed E-state index contributed by atoms with van der Waals surface area (Å²) in [6.07, 6.45) is 0. The van der Waals surface area contributed by atoms with Crippen LogP contribution in [0.15, 0.2) is 22.6 Å². The molecule has 5 N–H and O–H groups in total. The number of nitrogens with two attached hydrogens (primary N) is 1. The zero-order valence-corrected chi connectivity index (χ0v) is 9.86. The fraction of sp³-hybridized carbons (Fsp3) is 0.111. The second-order valence-corrected chi connectivity index (χ2v) is 4.87. The molecule has 96 valence electrons. The Hall–Kier alpha value is -2.29. The maximum atomic E-state index is 11.3. The number of anilines is 2. The van der Waals surface area contributed by atoms with E-state index in [1.54, 1.807) is 12.1 Å². The lowest BCUT2D eigenvalue weighted by atomic mass is 10.1. The van der Waals surface area contributed by atoms with Crippen LogP contribution in [0.5, 0.6) is 0 Å². The molecule has 0 atom stereocenters. The molecule has 9 heteroatoms. The van der Waals surface area contributed by atoms with E-state index in [2.05, 4.69) is 14.4 Å². The molecule has 1 heterocycles. The average Bonchev–Trinajstić information content (AvgIpc) is 2.23. The van der Waals surface area contributed by atoms with Gasteiger partial charge in [0.05, 0.1) is 11.3 Å². The highest BCUT2D eigenvalue weighted by Gasteiger charge is 2.23. The first kappa shape index (κ1) is 12.2. The van der Waals surface area contributed by atoms with E-state index in [4.69, 9.17) is 10.8 Å². The van der Waals surface area contributed by atoms with E-state index in [0.717, 1.165) is 0 Å². The van der Waals surface area contributed by atoms with Gasteiger partial charge in [-0.2, -0.15) is 8.42 Å². The Morgan fingerprint density at radius 3 is 2.89 bits per heavy atom. The fourth-order valence-electron chi connectivity index (χ4n) is 1.57. The van der Waals surface area contributed by atoms with Crippen molar-refractivity contribution in [2.75, 3.05) is 16.6 Å². The Morgan fingerprint density at radius 2 is 2.22 bits per heavy atom. The highest BCUT2D eigenvalue weighted by atomic mass is 32.2. The maximum absolute atomic E-state index is 11.3. The summed E-state index contributed by atoms with van der Waals surface area (Å²) >= 11 is 0. The molecule has 8 nitrogen and oxygen atoms in total. The zero-order valence-electron chi connectivity index (χ0n) is 9.04. The van der Waals surface area contributed by atoms with Crippen LogP contribution in [0.25, 0.3) is 0 Å². The minimum Gasteiger partial charge on any atom is -0.480 e. The van der Waals surface area contributed by atoms with Gasteiger partial charge in [0.25, 0.3) is 0 Å². The van der Waals surface area contributed by atoms with E-state index in [9.17, 15) is 13.2 Å². The third kappa shape index (κ3) is 2.35. The second-order valence-electron chi connectivity index (χ2n) is 3.53. The minimum absolute atomic E-state index is 0.183. The summed E-state index contributed by atoms with van der Waals surface area (Å²) in [5, 5.41) is 11.2. The van der Waals surface area contributed by atoms with Gasteiger partial charge in [0.2, 0.25) is 0 Å². The predicted octanol–water partition coefficient (Wildman–Crippen LogP) is -0.441. The molecule has 0 saturated carbocycles. The molecule has 1 aliphatic rings. The molecule has 1 aromatic carbocycles. The minimum atomic E-state index is -3.82. The summed E-state index contributed by atoms with van der Waals surface area (Å²) in [7, 11) is -3.82. The van der Waals surface area contributed by atoms with Crippen LogP contribution in [0.1, 0.15) is 5.56 Å². The van der Waals surface area contributed by atoms with Crippen molar-refractivity contribution in [2.24, 2.45) is 10.1 Å². The van der Waals surface area contributed by atoms with Gasteiger partial charge in [0, 0.05) is 5.69 Å². The first-order chi connectivity index (χ1) is 8.39. The topological polar surface area (TPSA) is 134 Å². The van der Waals surface area contributed by atoms with Gasteiger partial charge in [-0.1, -0.05) is 6.07 Å². The van der Waals surface area contributed by atoms with Gasteiger partial charge < -0.3 is 16.2 Å². The number of amidine groups is 1. The van der Waals surface area contributed by atoms with E-state index in [-0.39, 0.29) is 18.1 Å². The van der Waals surface area contributed by atoms with E-state index < -0.39 is 16.2 Å². The summed E-state index contributed by atoms with van der Waals surface area (Å²) in [6.45, 7) is -0.309. The number of hydrogen-bond acceptors (Lipinski definition) is 5. The zero-order chi connectivity index (χ0) is 13.3. The third-order valence-electron chi connectivity index (χ3n) is 2.21. The lowest BCUT2D eigenvalue weighted by Crippen LogP contribution is -2.28. The number of benzene rings is 1. The third-order valence-corrected chi connectivity index (χ3v) is 3.12. The molecule has 2 rings (SSSR count). The smallest absolute Gasteiger partial charge is 0.344 e. The highest BCUT2D eigenvalue weighted by Crippen LogP contribution is 2.28. The van der Waals surface area contributed by atoms with Gasteiger partial charge in [-0.15, -0.1) is 4.40 Å². The molecule has 18 heavy (non-hydrogen) atoms. The number of fused-ring (bicyclic) bond motifs is 1. The van der Waals surface area contributed by atoms with Crippen molar-refractivity contribution in [3.63, 3.8) is 0 Å². The Morgan fingerprint density at radius 1 is 1.50 bits per heavy atom. The molecule has 1 aliphatic heterocycles. The molecule has 0 aliphatic carbocycles. The van der Waals surface area contributed by atoms with Crippen molar-refractivity contribution in [3.8, 4) is 0 Å². The molecule has 0 aromatic heterocycles. The number of carboxylic acids is 1. The lowest BCUT2D eigenvalue weighted by Gasteiger charge is -2.19. The van der Waals surface area contributed by atoms with Crippen LogP contribution in [0, 0.1) is 0 Å². The number of carboxylic acid groups (broad SMARTS) is 1. The molecule has 0 saturated heterocycles. The Labute approximate surface area is 103 Å². The summed E-state index contributed by atoms with van der Waals surface area (Å²) in [4.78, 5) is 10.5. The van der Waals surface area contributed by atoms with Gasteiger partial charge in [-0.05, 0) is 12.1 Å². The van der Waals surface area contributed by atoms with Crippen LogP contribution in [0.3, 0.4) is 0 Å². The molecular formula is C9H10N4O4S. The van der Waals surface area contributed by atoms with Gasteiger partial charge in [-0.25, -0.2) is 0 Å². The predicted molar refractivity (Wildman–Crippen MR) is 65.8 cm³/mol. The van der Waals surface area contributed by atoms with Crippen molar-refractivity contribution in [1.82, 2.24) is 0 Å². The molecular weight excluding hydrogens is 260 g/mol. The van der Waals surface area contributed by atoms with Crippen molar-refractivity contribution in [2.45, 2.75) is 0 Å². The van der Waals surface area contributed by atoms with E-state index >= 15 is 0 Å². The number of rotatable bonds is 3. The van der Waals surface area contributed by atoms with Crippen LogP contribution in [-0.2, 0) is 15.0 Å². The summed E-state index contributed by atoms with van der Waals surface area (Å²) in [6, 6.07) is 4.67. The number of hydrogen-bond donors (Lipinski definition) is 4. The number of nitrogens with zero attached hydrogens (tertiary/aromatic N) is 1. The van der Waals surface area contributed by atoms with Crippen LogP contribution in [0.4, 0.5) is 11.4 Å². The number of aliphatic carboxylic acids is 1. The Balaban J connectivity index is 2.45.